The molecule has 5 nitrogen and oxygen atoms in total. The number of nitrogens with zero attached hydrogens (tertiary/aromatic N) is 2. The molecule has 1 aliphatic rings. The molecule has 1 aliphatic heterocycles. The number of thioether (sulfide) groups is 1. The zero-order chi connectivity index (χ0) is 13.9. The SMILES string of the molecule is O=C(O)c1nc(NCC2CCSC2)c2ccccc2n1. The van der Waals surface area contributed by atoms with Crippen LogP contribution in [0, 0.1) is 5.92 Å². The summed E-state index contributed by atoms with van der Waals surface area (Å²) in [5, 5.41) is 13.3. The number of benzene rings is 1. The third-order valence-electron chi connectivity index (χ3n) is 3.38. The molecule has 1 atom stereocenters. The Labute approximate surface area is 120 Å². The molecule has 3 rings (SSSR count). The van der Waals surface area contributed by atoms with Crippen molar-refractivity contribution in [1.29, 1.82) is 0 Å². The molecular weight excluding hydrogens is 274 g/mol. The standard InChI is InChI=1S/C14H15N3O2S/c18-14(19)13-16-11-4-2-1-3-10(11)12(17-13)15-7-9-5-6-20-8-9/h1-4,9H,5-8H2,(H,18,19)(H,15,16,17). The lowest BCUT2D eigenvalue weighted by Gasteiger charge is -2.12. The van der Waals surface area contributed by atoms with Gasteiger partial charge in [-0.3, -0.25) is 0 Å². The van der Waals surface area contributed by atoms with Gasteiger partial charge in [0.2, 0.25) is 5.82 Å². The summed E-state index contributed by atoms with van der Waals surface area (Å²) in [6, 6.07) is 7.47. The summed E-state index contributed by atoms with van der Waals surface area (Å²) in [6.45, 7) is 0.826. The fraction of sp³-hybridized carbons (Fsp3) is 0.357. The van der Waals surface area contributed by atoms with E-state index in [9.17, 15) is 4.79 Å². The van der Waals surface area contributed by atoms with Crippen LogP contribution in [0.2, 0.25) is 0 Å². The van der Waals surface area contributed by atoms with Crippen molar-refractivity contribution in [2.24, 2.45) is 5.92 Å². The number of aromatic nitrogens is 2. The first-order chi connectivity index (χ1) is 9.74. The minimum absolute atomic E-state index is 0.160. The van der Waals surface area contributed by atoms with Crippen LogP contribution in [-0.2, 0) is 0 Å². The van der Waals surface area contributed by atoms with Crippen molar-refractivity contribution in [3.8, 4) is 0 Å². The quantitative estimate of drug-likeness (QED) is 0.900. The van der Waals surface area contributed by atoms with Crippen LogP contribution in [0.4, 0.5) is 5.82 Å². The first kappa shape index (κ1) is 13.2. The molecule has 2 aromatic rings. The molecular formula is C14H15N3O2S. The molecule has 1 unspecified atom stereocenters. The van der Waals surface area contributed by atoms with Crippen LogP contribution >= 0.6 is 11.8 Å². The number of nitrogens with one attached hydrogen (secondary N) is 1. The van der Waals surface area contributed by atoms with Crippen molar-refractivity contribution in [1.82, 2.24) is 9.97 Å². The molecule has 104 valence electrons. The topological polar surface area (TPSA) is 75.1 Å². The number of hydrogen-bond donors (Lipinski definition) is 2. The van der Waals surface area contributed by atoms with Gasteiger partial charge in [0.05, 0.1) is 5.52 Å². The molecule has 1 aromatic carbocycles. The van der Waals surface area contributed by atoms with E-state index in [4.69, 9.17) is 5.11 Å². The van der Waals surface area contributed by atoms with E-state index < -0.39 is 5.97 Å². The Hall–Kier alpha value is -1.82. The van der Waals surface area contributed by atoms with E-state index in [0.717, 1.165) is 17.7 Å². The van der Waals surface area contributed by atoms with Gasteiger partial charge in [-0.2, -0.15) is 11.8 Å². The van der Waals surface area contributed by atoms with E-state index in [1.165, 1.54) is 12.2 Å². The van der Waals surface area contributed by atoms with Crippen molar-refractivity contribution in [3.63, 3.8) is 0 Å². The van der Waals surface area contributed by atoms with E-state index in [0.29, 0.717) is 17.3 Å². The van der Waals surface area contributed by atoms with Gasteiger partial charge in [0.25, 0.3) is 0 Å². The first-order valence-corrected chi connectivity index (χ1v) is 7.71. The van der Waals surface area contributed by atoms with Gasteiger partial charge >= 0.3 is 5.97 Å². The number of aromatic carboxylic acids is 1. The Kier molecular flexibility index (Phi) is 3.73. The molecule has 0 amide bonds. The van der Waals surface area contributed by atoms with E-state index in [1.807, 2.05) is 30.0 Å². The van der Waals surface area contributed by atoms with Crippen LogP contribution < -0.4 is 5.32 Å². The summed E-state index contributed by atoms with van der Waals surface area (Å²) >= 11 is 1.96. The summed E-state index contributed by atoms with van der Waals surface area (Å²) in [4.78, 5) is 19.3. The lowest BCUT2D eigenvalue weighted by molar-refractivity contribution is 0.0684. The monoisotopic (exact) mass is 289 g/mol. The average Bonchev–Trinajstić information content (AvgIpc) is 2.97. The molecule has 2 N–H and O–H groups in total. The number of carboxylic acids is 1. The van der Waals surface area contributed by atoms with Gasteiger partial charge in [-0.25, -0.2) is 14.8 Å². The van der Waals surface area contributed by atoms with Gasteiger partial charge in [-0.05, 0) is 36.0 Å². The second-order valence-electron chi connectivity index (χ2n) is 4.83. The highest BCUT2D eigenvalue weighted by molar-refractivity contribution is 7.99. The molecule has 20 heavy (non-hydrogen) atoms. The third-order valence-corrected chi connectivity index (χ3v) is 4.61. The maximum Gasteiger partial charge on any atom is 0.374 e. The summed E-state index contributed by atoms with van der Waals surface area (Å²) in [5.41, 5.74) is 0.656. The first-order valence-electron chi connectivity index (χ1n) is 6.56. The molecule has 1 saturated heterocycles. The zero-order valence-corrected chi connectivity index (χ0v) is 11.7. The Bertz CT molecular complexity index is 641. The van der Waals surface area contributed by atoms with Crippen LogP contribution in [0.15, 0.2) is 24.3 Å². The van der Waals surface area contributed by atoms with Crippen LogP contribution in [0.5, 0.6) is 0 Å². The molecule has 0 saturated carbocycles. The van der Waals surface area contributed by atoms with Crippen LogP contribution in [0.1, 0.15) is 17.0 Å². The Morgan fingerprint density at radius 1 is 1.40 bits per heavy atom. The number of rotatable bonds is 4. The smallest absolute Gasteiger partial charge is 0.374 e. The normalized spacial score (nSPS) is 18.3. The number of fused-ring (bicyclic) bond motifs is 1. The number of hydrogen-bond acceptors (Lipinski definition) is 5. The van der Waals surface area contributed by atoms with Crippen LogP contribution in [0.25, 0.3) is 10.9 Å². The second-order valence-corrected chi connectivity index (χ2v) is 5.98. The molecule has 6 heteroatoms. The van der Waals surface area contributed by atoms with Crippen molar-refractivity contribution in [2.45, 2.75) is 6.42 Å². The second kappa shape index (κ2) is 5.66. The van der Waals surface area contributed by atoms with Crippen LogP contribution in [-0.4, -0.2) is 39.1 Å². The van der Waals surface area contributed by atoms with Crippen molar-refractivity contribution >= 4 is 34.5 Å². The minimum atomic E-state index is -1.10. The van der Waals surface area contributed by atoms with E-state index in [2.05, 4.69) is 15.3 Å². The molecule has 1 aromatic heterocycles. The number of para-hydroxylation sites is 1. The molecule has 0 spiro atoms. The van der Waals surface area contributed by atoms with Gasteiger partial charge in [0, 0.05) is 11.9 Å². The summed E-state index contributed by atoms with van der Waals surface area (Å²) in [7, 11) is 0. The molecule has 0 bridgehead atoms. The number of carbonyl (C=O) groups is 1. The van der Waals surface area contributed by atoms with Crippen molar-refractivity contribution in [3.05, 3.63) is 30.1 Å². The number of carboxylic acid groups (broad SMARTS) is 1. The maximum absolute atomic E-state index is 11.1. The Balaban J connectivity index is 1.92. The minimum Gasteiger partial charge on any atom is -0.475 e. The van der Waals surface area contributed by atoms with E-state index >= 15 is 0 Å². The van der Waals surface area contributed by atoms with Gasteiger partial charge in [0.15, 0.2) is 0 Å². The van der Waals surface area contributed by atoms with Gasteiger partial charge in [-0.1, -0.05) is 12.1 Å². The fourth-order valence-electron chi connectivity index (χ4n) is 2.29. The average molecular weight is 289 g/mol. The maximum atomic E-state index is 11.1. The van der Waals surface area contributed by atoms with Gasteiger partial charge < -0.3 is 10.4 Å². The van der Waals surface area contributed by atoms with Crippen molar-refractivity contribution in [2.75, 3.05) is 23.4 Å². The van der Waals surface area contributed by atoms with Crippen molar-refractivity contribution < 1.29 is 9.90 Å². The molecule has 1 fully saturated rings. The highest BCUT2D eigenvalue weighted by Gasteiger charge is 2.17. The summed E-state index contributed by atoms with van der Waals surface area (Å²) in [6.07, 6.45) is 1.20. The summed E-state index contributed by atoms with van der Waals surface area (Å²) < 4.78 is 0. The predicted molar refractivity (Wildman–Crippen MR) is 80.4 cm³/mol. The highest BCUT2D eigenvalue weighted by Crippen LogP contribution is 2.25. The predicted octanol–water partition coefficient (Wildman–Crippen LogP) is 2.49. The lowest BCUT2D eigenvalue weighted by Crippen LogP contribution is -2.16. The lowest BCUT2D eigenvalue weighted by atomic mass is 10.1. The van der Waals surface area contributed by atoms with E-state index in [-0.39, 0.29) is 5.82 Å². The molecule has 2 heterocycles. The summed E-state index contributed by atoms with van der Waals surface area (Å²) in [5.74, 6) is 2.34. The molecule has 0 aliphatic carbocycles. The highest BCUT2D eigenvalue weighted by atomic mass is 32.2. The number of anilines is 1. The van der Waals surface area contributed by atoms with E-state index in [1.54, 1.807) is 6.07 Å². The molecule has 0 radical (unpaired) electrons. The Morgan fingerprint density at radius 2 is 2.25 bits per heavy atom. The largest absolute Gasteiger partial charge is 0.475 e. The fourth-order valence-corrected chi connectivity index (χ4v) is 3.58. The Morgan fingerprint density at radius 3 is 3.00 bits per heavy atom. The zero-order valence-electron chi connectivity index (χ0n) is 10.9. The third kappa shape index (κ3) is 2.70. The van der Waals surface area contributed by atoms with Crippen LogP contribution in [0.3, 0.4) is 0 Å². The van der Waals surface area contributed by atoms with Gasteiger partial charge in [0.1, 0.15) is 5.82 Å². The van der Waals surface area contributed by atoms with Gasteiger partial charge in [-0.15, -0.1) is 0 Å².